The molecule has 420 valence electrons. The number of carbonyl (C=O) groups excluding carboxylic acids is 3. The lowest BCUT2D eigenvalue weighted by molar-refractivity contribution is -0.167. The van der Waals surface area contributed by atoms with Crippen LogP contribution in [0, 0.1) is 0 Å². The van der Waals surface area contributed by atoms with Crippen molar-refractivity contribution in [1.82, 2.24) is 0 Å². The van der Waals surface area contributed by atoms with Crippen LogP contribution in [0.25, 0.3) is 0 Å². The molecule has 0 aliphatic heterocycles. The van der Waals surface area contributed by atoms with E-state index in [0.29, 0.717) is 19.3 Å². The zero-order valence-electron chi connectivity index (χ0n) is 48.1. The molecular formula is C67H116O6. The Morgan fingerprint density at radius 3 is 0.877 bits per heavy atom. The molecule has 0 aromatic rings. The van der Waals surface area contributed by atoms with E-state index in [1.54, 1.807) is 0 Å². The van der Waals surface area contributed by atoms with E-state index in [4.69, 9.17) is 14.2 Å². The van der Waals surface area contributed by atoms with Crippen LogP contribution in [-0.2, 0) is 28.6 Å². The summed E-state index contributed by atoms with van der Waals surface area (Å²) in [5, 5.41) is 0. The lowest BCUT2D eigenvalue weighted by Gasteiger charge is -2.18. The van der Waals surface area contributed by atoms with Gasteiger partial charge in [-0.05, 0) is 116 Å². The third-order valence-electron chi connectivity index (χ3n) is 13.4. The molecule has 0 radical (unpaired) electrons. The van der Waals surface area contributed by atoms with Crippen LogP contribution in [0.2, 0.25) is 0 Å². The van der Waals surface area contributed by atoms with Crippen LogP contribution in [0.5, 0.6) is 0 Å². The number of esters is 3. The SMILES string of the molecule is CC/C=C\C/C=C\C/C=C\CCCCCC(=O)OCC(COC(=O)CCCCCCCCCCCCC/C=C\C/C=C\CCCCCCC)OC(=O)CCCCCCCCCCC/C=C\C/C=C\CCCCC. The Balaban J connectivity index is 4.34. The fourth-order valence-corrected chi connectivity index (χ4v) is 8.69. The van der Waals surface area contributed by atoms with Crippen molar-refractivity contribution < 1.29 is 28.6 Å². The summed E-state index contributed by atoms with van der Waals surface area (Å²) >= 11 is 0. The lowest BCUT2D eigenvalue weighted by atomic mass is 10.0. The third kappa shape index (κ3) is 59.3. The molecule has 0 saturated carbocycles. The van der Waals surface area contributed by atoms with Crippen molar-refractivity contribution in [2.45, 2.75) is 309 Å². The van der Waals surface area contributed by atoms with Crippen LogP contribution in [0.3, 0.4) is 0 Å². The minimum atomic E-state index is -0.793. The molecule has 0 fully saturated rings. The van der Waals surface area contributed by atoms with Crippen LogP contribution in [0.15, 0.2) is 85.1 Å². The molecule has 0 aromatic heterocycles. The minimum absolute atomic E-state index is 0.0880. The molecule has 6 heteroatoms. The van der Waals surface area contributed by atoms with Gasteiger partial charge in [-0.15, -0.1) is 0 Å². The highest BCUT2D eigenvalue weighted by Gasteiger charge is 2.19. The van der Waals surface area contributed by atoms with Gasteiger partial charge >= 0.3 is 17.9 Å². The molecule has 0 aliphatic rings. The zero-order valence-corrected chi connectivity index (χ0v) is 48.1. The van der Waals surface area contributed by atoms with Crippen LogP contribution in [0.4, 0.5) is 0 Å². The normalized spacial score (nSPS) is 12.6. The minimum Gasteiger partial charge on any atom is -0.462 e. The highest BCUT2D eigenvalue weighted by atomic mass is 16.6. The summed E-state index contributed by atoms with van der Waals surface area (Å²) in [7, 11) is 0. The number of hydrogen-bond acceptors (Lipinski definition) is 6. The average Bonchev–Trinajstić information content (AvgIpc) is 3.39. The van der Waals surface area contributed by atoms with E-state index in [9.17, 15) is 14.4 Å². The molecule has 0 heterocycles. The predicted molar refractivity (Wildman–Crippen MR) is 316 cm³/mol. The zero-order chi connectivity index (χ0) is 52.9. The molecule has 0 aromatic carbocycles. The van der Waals surface area contributed by atoms with Crippen molar-refractivity contribution in [3.8, 4) is 0 Å². The van der Waals surface area contributed by atoms with Crippen LogP contribution in [0.1, 0.15) is 303 Å². The Hall–Kier alpha value is -3.41. The van der Waals surface area contributed by atoms with E-state index < -0.39 is 6.10 Å². The van der Waals surface area contributed by atoms with E-state index in [2.05, 4.69) is 106 Å². The maximum atomic E-state index is 12.9. The van der Waals surface area contributed by atoms with E-state index in [0.717, 1.165) is 96.3 Å². The average molecular weight is 1020 g/mol. The number of allylic oxidation sites excluding steroid dienone is 14. The molecule has 73 heavy (non-hydrogen) atoms. The van der Waals surface area contributed by atoms with Crippen molar-refractivity contribution >= 4 is 17.9 Å². The number of rotatable bonds is 56. The summed E-state index contributed by atoms with van der Waals surface area (Å²) in [6.07, 6.45) is 80.1. The van der Waals surface area contributed by atoms with Crippen LogP contribution in [-0.4, -0.2) is 37.2 Å². The second-order valence-electron chi connectivity index (χ2n) is 20.6. The van der Waals surface area contributed by atoms with Gasteiger partial charge in [-0.1, -0.05) is 254 Å². The van der Waals surface area contributed by atoms with Crippen molar-refractivity contribution in [2.24, 2.45) is 0 Å². The topological polar surface area (TPSA) is 78.9 Å². The summed E-state index contributed by atoms with van der Waals surface area (Å²) in [5.41, 5.74) is 0. The first kappa shape index (κ1) is 69.6. The second kappa shape index (κ2) is 61.1. The molecule has 6 nitrogen and oxygen atoms in total. The van der Waals surface area contributed by atoms with E-state index in [1.165, 1.54) is 167 Å². The first-order chi connectivity index (χ1) is 36.0. The molecule has 0 amide bonds. The number of carbonyl (C=O) groups is 3. The van der Waals surface area contributed by atoms with Crippen molar-refractivity contribution in [1.29, 1.82) is 0 Å². The Morgan fingerprint density at radius 1 is 0.288 bits per heavy atom. The van der Waals surface area contributed by atoms with Gasteiger partial charge in [0.05, 0.1) is 0 Å². The first-order valence-electron chi connectivity index (χ1n) is 31.1. The molecule has 1 unspecified atom stereocenters. The summed E-state index contributed by atoms with van der Waals surface area (Å²) < 4.78 is 16.9. The standard InChI is InChI=1S/C67H116O6/c1-4-7-10-13-16-19-22-25-27-29-31-32-33-34-36-37-39-42-45-48-51-54-57-60-66(69)72-63-64(62-71-65(68)59-56-53-50-47-44-41-24-21-18-15-12-9-6-3)73-67(70)61-58-55-52-49-46-43-40-38-35-30-28-26-23-20-17-14-11-8-5-2/h9,12,17-18,20-22,25-26,28-29,31,41,44,64H,4-8,10-11,13-16,19,23-24,27,30,32-40,42-43,45-63H2,1-3H3/b12-9-,20-17-,21-18-,25-22-,28-26-,31-29-,44-41-. The first-order valence-corrected chi connectivity index (χ1v) is 31.1. The fraction of sp³-hybridized carbons (Fsp3) is 0.746. The third-order valence-corrected chi connectivity index (χ3v) is 13.4. The van der Waals surface area contributed by atoms with Crippen molar-refractivity contribution in [2.75, 3.05) is 13.2 Å². The summed E-state index contributed by atoms with van der Waals surface area (Å²) in [4.78, 5) is 38.2. The second-order valence-corrected chi connectivity index (χ2v) is 20.6. The maximum Gasteiger partial charge on any atom is 0.306 e. The molecule has 1 atom stereocenters. The van der Waals surface area contributed by atoms with E-state index >= 15 is 0 Å². The highest BCUT2D eigenvalue weighted by molar-refractivity contribution is 5.71. The van der Waals surface area contributed by atoms with E-state index in [1.807, 2.05) is 0 Å². The van der Waals surface area contributed by atoms with Gasteiger partial charge < -0.3 is 14.2 Å². The van der Waals surface area contributed by atoms with E-state index in [-0.39, 0.29) is 31.1 Å². The predicted octanol–water partition coefficient (Wildman–Crippen LogP) is 21.1. The smallest absolute Gasteiger partial charge is 0.306 e. The van der Waals surface area contributed by atoms with Crippen LogP contribution >= 0.6 is 0 Å². The molecule has 0 aliphatic carbocycles. The molecule has 0 bridgehead atoms. The Labute approximate surface area is 452 Å². The number of unbranched alkanes of at least 4 members (excludes halogenated alkanes) is 31. The Morgan fingerprint density at radius 2 is 0.534 bits per heavy atom. The monoisotopic (exact) mass is 1020 g/mol. The van der Waals surface area contributed by atoms with Gasteiger partial charge in [-0.2, -0.15) is 0 Å². The highest BCUT2D eigenvalue weighted by Crippen LogP contribution is 2.16. The van der Waals surface area contributed by atoms with Gasteiger partial charge in [0.25, 0.3) is 0 Å². The number of hydrogen-bond donors (Lipinski definition) is 0. The van der Waals surface area contributed by atoms with Crippen LogP contribution < -0.4 is 0 Å². The quantitative estimate of drug-likeness (QED) is 0.0261. The van der Waals surface area contributed by atoms with Gasteiger partial charge in [-0.3, -0.25) is 14.4 Å². The molecule has 0 spiro atoms. The molecule has 0 N–H and O–H groups in total. The molecule has 0 saturated heterocycles. The van der Waals surface area contributed by atoms with Crippen molar-refractivity contribution in [3.05, 3.63) is 85.1 Å². The number of ether oxygens (including phenoxy) is 3. The molecular weight excluding hydrogens is 901 g/mol. The lowest BCUT2D eigenvalue weighted by Crippen LogP contribution is -2.30. The van der Waals surface area contributed by atoms with Gasteiger partial charge in [0.1, 0.15) is 13.2 Å². The van der Waals surface area contributed by atoms with Gasteiger partial charge in [0.2, 0.25) is 0 Å². The van der Waals surface area contributed by atoms with Gasteiger partial charge in [0.15, 0.2) is 6.10 Å². The maximum absolute atomic E-state index is 12.9. The van der Waals surface area contributed by atoms with Gasteiger partial charge in [0, 0.05) is 19.3 Å². The van der Waals surface area contributed by atoms with Crippen molar-refractivity contribution in [3.63, 3.8) is 0 Å². The summed E-state index contributed by atoms with van der Waals surface area (Å²) in [5.74, 6) is -0.915. The largest absolute Gasteiger partial charge is 0.462 e. The Bertz CT molecular complexity index is 1400. The van der Waals surface area contributed by atoms with Gasteiger partial charge in [-0.25, -0.2) is 0 Å². The fourth-order valence-electron chi connectivity index (χ4n) is 8.69. The summed E-state index contributed by atoms with van der Waals surface area (Å²) in [6.45, 7) is 6.49. The Kier molecular flexibility index (Phi) is 58.3. The summed E-state index contributed by atoms with van der Waals surface area (Å²) in [6, 6.07) is 0. The molecule has 0 rings (SSSR count).